The Kier molecular flexibility index (Phi) is 19.1. The first-order valence-electron chi connectivity index (χ1n) is 21.3. The highest BCUT2D eigenvalue weighted by Gasteiger charge is 2.35. The van der Waals surface area contributed by atoms with Crippen LogP contribution in [0.1, 0.15) is 128 Å². The van der Waals surface area contributed by atoms with Crippen LogP contribution in [0.4, 0.5) is 0 Å². The second-order valence-corrected chi connectivity index (χ2v) is 16.2. The Bertz CT molecular complexity index is 1840. The van der Waals surface area contributed by atoms with E-state index in [0.717, 1.165) is 0 Å². The highest BCUT2D eigenvalue weighted by molar-refractivity contribution is 5.71. The van der Waals surface area contributed by atoms with Crippen LogP contribution >= 0.6 is 0 Å². The van der Waals surface area contributed by atoms with Crippen LogP contribution in [0.25, 0.3) is 22.3 Å². The number of rotatable bonds is 4. The minimum Gasteiger partial charge on any atom is -0.0656 e. The zero-order valence-corrected chi connectivity index (χ0v) is 37.2. The topological polar surface area (TPSA) is 0 Å². The number of hydrogen-bond donors (Lipinski definition) is 0. The van der Waals surface area contributed by atoms with Gasteiger partial charge >= 0.3 is 0 Å². The maximum Gasteiger partial charge on any atom is 0.0202 e. The van der Waals surface area contributed by atoms with Crippen LogP contribution < -0.4 is 0 Å². The first kappa shape index (κ1) is 45.7. The molecule has 1 saturated carbocycles. The summed E-state index contributed by atoms with van der Waals surface area (Å²) in [6.45, 7) is 25.7. The lowest BCUT2D eigenvalue weighted by atomic mass is 9.65. The third kappa shape index (κ3) is 13.8. The Morgan fingerprint density at radius 3 is 0.893 bits per heavy atom. The van der Waals surface area contributed by atoms with E-state index < -0.39 is 0 Å². The molecule has 7 rings (SSSR count). The predicted octanol–water partition coefficient (Wildman–Crippen LogP) is 16.9. The summed E-state index contributed by atoms with van der Waals surface area (Å²) in [7, 11) is 0. The Morgan fingerprint density at radius 2 is 0.607 bits per heavy atom. The summed E-state index contributed by atoms with van der Waals surface area (Å²) in [6, 6.07) is 49.0. The molecule has 0 radical (unpaired) electrons. The molecular formula is C56H72. The lowest BCUT2D eigenvalue weighted by Crippen LogP contribution is -2.30. The van der Waals surface area contributed by atoms with Gasteiger partial charge in [0.25, 0.3) is 0 Å². The predicted molar refractivity (Wildman–Crippen MR) is 250 cm³/mol. The van der Waals surface area contributed by atoms with Gasteiger partial charge in [0, 0.05) is 5.41 Å². The van der Waals surface area contributed by atoms with E-state index in [2.05, 4.69) is 217 Å². The second-order valence-electron chi connectivity index (χ2n) is 16.2. The van der Waals surface area contributed by atoms with E-state index in [1.165, 1.54) is 123 Å². The summed E-state index contributed by atoms with van der Waals surface area (Å²) in [5, 5.41) is 0. The van der Waals surface area contributed by atoms with Crippen LogP contribution in [-0.2, 0) is 5.41 Å². The maximum atomic E-state index is 2.35. The lowest BCUT2D eigenvalue weighted by molar-refractivity contribution is 0.346. The molecule has 0 heterocycles. The third-order valence-electron chi connectivity index (χ3n) is 10.4. The minimum absolute atomic E-state index is 0.250. The second kappa shape index (κ2) is 23.4. The van der Waals surface area contributed by atoms with Gasteiger partial charge in [0.15, 0.2) is 0 Å². The smallest absolute Gasteiger partial charge is 0.0202 e. The van der Waals surface area contributed by atoms with Crippen molar-refractivity contribution >= 4 is 0 Å². The van der Waals surface area contributed by atoms with Crippen molar-refractivity contribution in [1.29, 1.82) is 0 Å². The molecule has 0 atom stereocenters. The number of benzene rings is 6. The maximum absolute atomic E-state index is 2.35. The lowest BCUT2D eigenvalue weighted by Gasteiger charge is -2.38. The molecule has 296 valence electrons. The molecule has 0 saturated heterocycles. The van der Waals surface area contributed by atoms with Gasteiger partial charge in [0.1, 0.15) is 0 Å². The molecule has 56 heavy (non-hydrogen) atoms. The van der Waals surface area contributed by atoms with Crippen molar-refractivity contribution in [2.75, 3.05) is 0 Å². The van der Waals surface area contributed by atoms with Crippen LogP contribution in [-0.4, -0.2) is 0 Å². The Hall–Kier alpha value is -4.68. The van der Waals surface area contributed by atoms with Crippen LogP contribution in [0.5, 0.6) is 0 Å². The van der Waals surface area contributed by atoms with Crippen molar-refractivity contribution in [3.8, 4) is 22.3 Å². The highest BCUT2D eigenvalue weighted by atomic mass is 14.4. The molecule has 0 spiro atoms. The largest absolute Gasteiger partial charge is 0.0656 e. The fourth-order valence-corrected chi connectivity index (χ4v) is 7.37. The summed E-state index contributed by atoms with van der Waals surface area (Å²) in [4.78, 5) is 0. The van der Waals surface area contributed by atoms with Crippen molar-refractivity contribution in [2.24, 2.45) is 0 Å². The molecule has 0 heteroatoms. The van der Waals surface area contributed by atoms with E-state index in [1.807, 2.05) is 0 Å². The van der Waals surface area contributed by atoms with Gasteiger partial charge in [-0.2, -0.15) is 0 Å². The van der Waals surface area contributed by atoms with Gasteiger partial charge in [-0.15, -0.1) is 0 Å². The van der Waals surface area contributed by atoms with Crippen LogP contribution in [0.2, 0.25) is 0 Å². The van der Waals surface area contributed by atoms with Crippen molar-refractivity contribution < 1.29 is 0 Å². The monoisotopic (exact) mass is 745 g/mol. The third-order valence-corrected chi connectivity index (χ3v) is 10.4. The van der Waals surface area contributed by atoms with Crippen LogP contribution in [0.15, 0.2) is 133 Å². The average Bonchev–Trinajstić information content (AvgIpc) is 3.18. The molecule has 1 aliphatic carbocycles. The Balaban J connectivity index is 0.000000213. The van der Waals surface area contributed by atoms with Crippen molar-refractivity contribution in [1.82, 2.24) is 0 Å². The van der Waals surface area contributed by atoms with E-state index in [1.54, 1.807) is 0 Å². The fourth-order valence-electron chi connectivity index (χ4n) is 7.37. The van der Waals surface area contributed by atoms with Crippen molar-refractivity contribution in [3.05, 3.63) is 189 Å². The highest BCUT2D eigenvalue weighted by Crippen LogP contribution is 2.45. The molecule has 0 amide bonds. The molecule has 1 aliphatic rings. The van der Waals surface area contributed by atoms with Gasteiger partial charge in [-0.1, -0.05) is 227 Å². The summed E-state index contributed by atoms with van der Waals surface area (Å²) in [5.41, 5.74) is 19.2. The van der Waals surface area contributed by atoms with E-state index in [-0.39, 0.29) is 5.41 Å². The molecule has 0 nitrogen and oxygen atoms in total. The van der Waals surface area contributed by atoms with Gasteiger partial charge in [-0.05, 0) is 113 Å². The number of hydrogen-bond acceptors (Lipinski definition) is 0. The zero-order valence-electron chi connectivity index (χ0n) is 37.2. The summed E-state index contributed by atoms with van der Waals surface area (Å²) in [5.74, 6) is 0. The van der Waals surface area contributed by atoms with Gasteiger partial charge in [0.2, 0.25) is 0 Å². The van der Waals surface area contributed by atoms with Gasteiger partial charge in [-0.25, -0.2) is 0 Å². The molecule has 0 N–H and O–H groups in total. The Morgan fingerprint density at radius 1 is 0.339 bits per heavy atom. The first-order valence-corrected chi connectivity index (χ1v) is 21.3. The zero-order chi connectivity index (χ0) is 41.1. The summed E-state index contributed by atoms with van der Waals surface area (Å²) in [6.07, 6.45) is 9.17. The average molecular weight is 745 g/mol. The van der Waals surface area contributed by atoms with Gasteiger partial charge < -0.3 is 0 Å². The number of aryl methyl sites for hydroxylation is 8. The van der Waals surface area contributed by atoms with E-state index >= 15 is 0 Å². The van der Waals surface area contributed by atoms with Crippen LogP contribution in [0, 0.1) is 55.4 Å². The first-order chi connectivity index (χ1) is 26.9. The molecule has 1 fully saturated rings. The summed E-state index contributed by atoms with van der Waals surface area (Å²) >= 11 is 0. The van der Waals surface area contributed by atoms with Gasteiger partial charge in [0.05, 0.1) is 0 Å². The SMILES string of the molecule is CCC.CCC.Cc1ccc(-c2ccc(C)cc2)cc1.Cc1ccc(-c2ccc(C)cc2C)c(C)c1.Cc1ccc(C2(c3ccc(C)cc3)CCCCC2)cc1. The van der Waals surface area contributed by atoms with Crippen molar-refractivity contribution in [3.63, 3.8) is 0 Å². The van der Waals surface area contributed by atoms with E-state index in [4.69, 9.17) is 0 Å². The van der Waals surface area contributed by atoms with Gasteiger partial charge in [-0.3, -0.25) is 0 Å². The molecule has 6 aromatic rings. The fraction of sp³-hybridized carbons (Fsp3) is 0.357. The van der Waals surface area contributed by atoms with E-state index in [0.29, 0.717) is 0 Å². The van der Waals surface area contributed by atoms with Crippen molar-refractivity contribution in [2.45, 2.75) is 133 Å². The summed E-state index contributed by atoms with van der Waals surface area (Å²) < 4.78 is 0. The molecule has 0 unspecified atom stereocenters. The molecule has 6 aromatic carbocycles. The molecule has 0 aromatic heterocycles. The molecule has 0 aliphatic heterocycles. The van der Waals surface area contributed by atoms with E-state index in [9.17, 15) is 0 Å². The molecular weight excluding hydrogens is 673 g/mol. The Labute approximate surface area is 343 Å². The standard InChI is InChI=1S/C20H24.C16H18.C14H14.2C3H8/c1-16-6-10-18(11-7-16)20(14-4-3-5-15-20)19-12-8-17(2)9-13-19;1-11-5-7-15(13(3)9-11)16-8-6-12(2)10-14(16)4;1-11-3-7-13(8-4-11)14-9-5-12(2)6-10-14;2*1-3-2/h6-13H,3-5,14-15H2,1-2H3;5-10H,1-4H3;3-10H,1-2H3;2*3H2,1-2H3. The van der Waals surface area contributed by atoms with Crippen LogP contribution in [0.3, 0.4) is 0 Å². The quantitative estimate of drug-likeness (QED) is 0.169. The minimum atomic E-state index is 0.250. The normalized spacial score (nSPS) is 12.6. The molecule has 0 bridgehead atoms.